The molecule has 5 atom stereocenters. The number of rotatable bonds is 18. The van der Waals surface area contributed by atoms with Crippen LogP contribution in [0.5, 0.6) is 5.75 Å². The van der Waals surface area contributed by atoms with E-state index in [9.17, 15) is 33.3 Å². The lowest BCUT2D eigenvalue weighted by Gasteiger charge is -2.20. The summed E-state index contributed by atoms with van der Waals surface area (Å²) in [6.07, 6.45) is 0.688. The van der Waals surface area contributed by atoms with Crippen LogP contribution in [-0.2, 0) is 20.6 Å². The number of allylic oxidation sites excluding steroid dienone is 2. The van der Waals surface area contributed by atoms with Gasteiger partial charge in [-0.3, -0.25) is 25.6 Å². The van der Waals surface area contributed by atoms with Gasteiger partial charge in [0.15, 0.2) is 0 Å². The topological polar surface area (TPSA) is 205 Å². The lowest BCUT2D eigenvalue weighted by atomic mass is 9.89. The quantitative estimate of drug-likeness (QED) is 0.0669. The Labute approximate surface area is 245 Å². The number of alkyl halides is 3. The predicted molar refractivity (Wildman–Crippen MR) is 138 cm³/mol. The second-order valence-corrected chi connectivity index (χ2v) is 9.86. The molecular formula is C26H38F3N3O11. The van der Waals surface area contributed by atoms with Gasteiger partial charge in [0.2, 0.25) is 5.91 Å². The van der Waals surface area contributed by atoms with Crippen LogP contribution in [0, 0.1) is 11.8 Å². The molecule has 0 saturated heterocycles. The standard InChI is InChI=1S/C26H38F3N3O11/c27-26(28,29)17-6-5-7-20(12-17)41-16-19(33)10-11-22-21(23(34)13-24(22)35)8-3-1-2-4-9-25(36)30-18(14-42-31(37)38)15-43-32(39)40/h1,3,5-7,10-12,18-19,21-24,33-35,37-40H,2,4,8-9,13-16H2,(H,30,36)/b3-1-,11-10+/t19-,21-,22-,23+,24-/m1/s1. The average Bonchev–Trinajstić information content (AvgIpc) is 3.20. The molecular weight excluding hydrogens is 587 g/mol. The number of aliphatic hydroxyl groups excluding tert-OH is 3. The van der Waals surface area contributed by atoms with E-state index in [1.54, 1.807) is 18.2 Å². The zero-order valence-corrected chi connectivity index (χ0v) is 23.0. The molecule has 0 aromatic heterocycles. The molecule has 14 nitrogen and oxygen atoms in total. The second kappa shape index (κ2) is 18.2. The number of aliphatic hydroxyl groups is 3. The predicted octanol–water partition coefficient (Wildman–Crippen LogP) is 1.98. The van der Waals surface area contributed by atoms with E-state index in [4.69, 9.17) is 25.6 Å². The van der Waals surface area contributed by atoms with Gasteiger partial charge in [0.1, 0.15) is 18.5 Å². The molecule has 17 heteroatoms. The molecule has 1 aromatic rings. The first-order valence-electron chi connectivity index (χ1n) is 13.3. The van der Waals surface area contributed by atoms with E-state index in [0.717, 1.165) is 12.1 Å². The molecule has 1 saturated carbocycles. The lowest BCUT2D eigenvalue weighted by molar-refractivity contribution is -0.502. The molecule has 0 aliphatic heterocycles. The largest absolute Gasteiger partial charge is 0.491 e. The van der Waals surface area contributed by atoms with Crippen molar-refractivity contribution in [2.45, 2.75) is 62.6 Å². The minimum Gasteiger partial charge on any atom is -0.491 e. The number of nitrogens with zero attached hydrogens (tertiary/aromatic N) is 2. The monoisotopic (exact) mass is 625 g/mol. The van der Waals surface area contributed by atoms with Crippen molar-refractivity contribution in [2.75, 3.05) is 19.8 Å². The van der Waals surface area contributed by atoms with Gasteiger partial charge in [-0.15, -0.1) is 0 Å². The molecule has 0 radical (unpaired) electrons. The number of hydrogen-bond acceptors (Lipinski definition) is 13. The minimum absolute atomic E-state index is 0.0542. The third-order valence-corrected chi connectivity index (χ3v) is 6.55. The molecule has 0 heterocycles. The van der Waals surface area contributed by atoms with Crippen LogP contribution in [0.2, 0.25) is 0 Å². The number of carbonyl (C=O) groups is 1. The molecule has 1 aromatic carbocycles. The van der Waals surface area contributed by atoms with Crippen LogP contribution in [-0.4, -0.2) is 97.0 Å². The van der Waals surface area contributed by atoms with Crippen LogP contribution in [0.3, 0.4) is 0 Å². The summed E-state index contributed by atoms with van der Waals surface area (Å²) in [4.78, 5) is 21.0. The van der Waals surface area contributed by atoms with Crippen molar-refractivity contribution in [3.8, 4) is 5.75 Å². The van der Waals surface area contributed by atoms with Gasteiger partial charge >= 0.3 is 6.18 Å². The van der Waals surface area contributed by atoms with E-state index in [1.807, 2.05) is 0 Å². The molecule has 0 spiro atoms. The van der Waals surface area contributed by atoms with Crippen molar-refractivity contribution in [2.24, 2.45) is 11.8 Å². The Balaban J connectivity index is 1.78. The van der Waals surface area contributed by atoms with Gasteiger partial charge in [-0.05, 0) is 43.4 Å². The first-order chi connectivity index (χ1) is 20.3. The number of unbranched alkanes of at least 4 members (excludes halogenated alkanes) is 1. The second-order valence-electron chi connectivity index (χ2n) is 9.86. The van der Waals surface area contributed by atoms with Crippen LogP contribution in [0.25, 0.3) is 0 Å². The van der Waals surface area contributed by atoms with Crippen LogP contribution < -0.4 is 10.1 Å². The van der Waals surface area contributed by atoms with Gasteiger partial charge in [0.05, 0.1) is 47.8 Å². The molecule has 1 aliphatic carbocycles. The summed E-state index contributed by atoms with van der Waals surface area (Å²) >= 11 is 0. The summed E-state index contributed by atoms with van der Waals surface area (Å²) in [5, 5.41) is 66.9. The zero-order chi connectivity index (χ0) is 32.0. The molecule has 1 amide bonds. The van der Waals surface area contributed by atoms with Crippen molar-refractivity contribution < 1.29 is 68.5 Å². The Morgan fingerprint density at radius 1 is 1.05 bits per heavy atom. The highest BCUT2D eigenvalue weighted by atomic mass is 19.4. The molecule has 244 valence electrons. The van der Waals surface area contributed by atoms with Gasteiger partial charge in [0, 0.05) is 18.8 Å². The normalized spacial score (nSPS) is 22.0. The van der Waals surface area contributed by atoms with Crippen molar-refractivity contribution in [3.05, 3.63) is 54.1 Å². The maximum absolute atomic E-state index is 12.9. The molecule has 1 aliphatic rings. The zero-order valence-electron chi connectivity index (χ0n) is 23.0. The highest BCUT2D eigenvalue weighted by Crippen LogP contribution is 2.36. The van der Waals surface area contributed by atoms with E-state index in [1.165, 1.54) is 18.2 Å². The number of hydrogen-bond donors (Lipinski definition) is 8. The number of amides is 1. The maximum atomic E-state index is 12.9. The summed E-state index contributed by atoms with van der Waals surface area (Å²) < 4.78 is 43.8. The lowest BCUT2D eigenvalue weighted by Crippen LogP contribution is -2.43. The van der Waals surface area contributed by atoms with Crippen molar-refractivity contribution in [1.82, 2.24) is 16.1 Å². The Kier molecular flexibility index (Phi) is 15.5. The number of carbonyl (C=O) groups excluding carboxylic acids is 1. The molecule has 8 N–H and O–H groups in total. The molecule has 0 bridgehead atoms. The van der Waals surface area contributed by atoms with E-state index in [-0.39, 0.29) is 31.1 Å². The van der Waals surface area contributed by atoms with Gasteiger partial charge < -0.3 is 25.4 Å². The van der Waals surface area contributed by atoms with Crippen LogP contribution in [0.15, 0.2) is 48.6 Å². The van der Waals surface area contributed by atoms with E-state index in [0.29, 0.717) is 19.3 Å². The highest BCUT2D eigenvalue weighted by molar-refractivity contribution is 5.76. The minimum atomic E-state index is -4.53. The SMILES string of the molecule is O=C(CCC/C=C\C[C@@H]1[C@@H](/C=C/[C@@H](O)COc2cccc(C(F)(F)F)c2)[C@H](O)C[C@@H]1O)NC(CON(O)O)CON(O)O. The van der Waals surface area contributed by atoms with Gasteiger partial charge in [-0.2, -0.15) is 13.2 Å². The fourth-order valence-corrected chi connectivity index (χ4v) is 4.46. The summed E-state index contributed by atoms with van der Waals surface area (Å²) in [6, 6.07) is 3.33. The molecule has 1 fully saturated rings. The number of ether oxygens (including phenoxy) is 1. The first-order valence-corrected chi connectivity index (χ1v) is 13.3. The highest BCUT2D eigenvalue weighted by Gasteiger charge is 2.39. The van der Waals surface area contributed by atoms with E-state index in [2.05, 4.69) is 15.0 Å². The average molecular weight is 626 g/mol. The molecule has 0 unspecified atom stereocenters. The van der Waals surface area contributed by atoms with Crippen LogP contribution >= 0.6 is 0 Å². The van der Waals surface area contributed by atoms with Crippen LogP contribution in [0.4, 0.5) is 13.2 Å². The van der Waals surface area contributed by atoms with E-state index >= 15 is 0 Å². The van der Waals surface area contributed by atoms with Gasteiger partial charge in [-0.25, -0.2) is 9.68 Å². The summed E-state index contributed by atoms with van der Waals surface area (Å²) in [7, 11) is 0. The fourth-order valence-electron chi connectivity index (χ4n) is 4.46. The van der Waals surface area contributed by atoms with Gasteiger partial charge in [0.25, 0.3) is 0 Å². The maximum Gasteiger partial charge on any atom is 0.416 e. The third-order valence-electron chi connectivity index (χ3n) is 6.55. The first kappa shape index (κ1) is 36.5. The fraction of sp³-hybridized carbons (Fsp3) is 0.577. The number of benzene rings is 1. The van der Waals surface area contributed by atoms with Crippen molar-refractivity contribution in [1.29, 1.82) is 0 Å². The van der Waals surface area contributed by atoms with Crippen molar-refractivity contribution >= 4 is 5.91 Å². The Morgan fingerprint density at radius 2 is 1.72 bits per heavy atom. The smallest absolute Gasteiger partial charge is 0.416 e. The van der Waals surface area contributed by atoms with E-state index < -0.39 is 71.9 Å². The summed E-state index contributed by atoms with van der Waals surface area (Å²) in [6.45, 7) is -1.21. The molecule has 2 rings (SSSR count). The Morgan fingerprint density at radius 3 is 2.35 bits per heavy atom. The Hall–Kier alpha value is -2.68. The van der Waals surface area contributed by atoms with Crippen molar-refractivity contribution in [3.63, 3.8) is 0 Å². The number of nitrogens with one attached hydrogen (secondary N) is 1. The third kappa shape index (κ3) is 14.1. The number of halogens is 3. The molecule has 43 heavy (non-hydrogen) atoms. The summed E-state index contributed by atoms with van der Waals surface area (Å²) in [5.41, 5.74) is -0.875. The van der Waals surface area contributed by atoms with Gasteiger partial charge in [-0.1, -0.05) is 30.4 Å². The Bertz CT molecular complexity index is 1020. The van der Waals surface area contributed by atoms with Crippen LogP contribution in [0.1, 0.15) is 37.7 Å². The summed E-state index contributed by atoms with van der Waals surface area (Å²) in [5.74, 6) is -1.34.